The second kappa shape index (κ2) is 9.97. The third-order valence-electron chi connectivity index (χ3n) is 5.98. The van der Waals surface area contributed by atoms with Crippen LogP contribution in [0.15, 0.2) is 66.7 Å². The van der Waals surface area contributed by atoms with Crippen molar-refractivity contribution in [2.24, 2.45) is 5.92 Å². The van der Waals surface area contributed by atoms with E-state index >= 15 is 0 Å². The van der Waals surface area contributed by atoms with Gasteiger partial charge in [-0.1, -0.05) is 62.4 Å². The first-order chi connectivity index (χ1) is 16.7. The number of hydrogen-bond donors (Lipinski definition) is 3. The fourth-order valence-electron chi connectivity index (χ4n) is 4.31. The van der Waals surface area contributed by atoms with Gasteiger partial charge in [0.1, 0.15) is 18.5 Å². The predicted molar refractivity (Wildman–Crippen MR) is 129 cm³/mol. The number of hydrogen-bond acceptors (Lipinski definition) is 4. The largest absolute Gasteiger partial charge is 0.478 e. The second-order valence-electron chi connectivity index (χ2n) is 8.71. The van der Waals surface area contributed by atoms with Gasteiger partial charge in [0.25, 0.3) is 0 Å². The number of rotatable bonds is 7. The molecule has 3 aromatic carbocycles. The molecule has 0 aliphatic heterocycles. The molecule has 3 aromatic rings. The normalized spacial score (nSPS) is 13.0. The topological polar surface area (TPSA) is 105 Å². The lowest BCUT2D eigenvalue weighted by atomic mass is 9.98. The van der Waals surface area contributed by atoms with Crippen LogP contribution in [0.3, 0.4) is 0 Å². The highest BCUT2D eigenvalue weighted by Gasteiger charge is 2.30. The molecule has 1 atom stereocenters. The van der Waals surface area contributed by atoms with E-state index < -0.39 is 29.8 Å². The van der Waals surface area contributed by atoms with Gasteiger partial charge in [-0.2, -0.15) is 0 Å². The van der Waals surface area contributed by atoms with Crippen LogP contribution in [0.25, 0.3) is 11.1 Å². The van der Waals surface area contributed by atoms with E-state index in [9.17, 15) is 18.8 Å². The highest BCUT2D eigenvalue weighted by atomic mass is 19.1. The van der Waals surface area contributed by atoms with Crippen LogP contribution < -0.4 is 10.6 Å². The van der Waals surface area contributed by atoms with Crippen LogP contribution in [0.1, 0.15) is 41.3 Å². The van der Waals surface area contributed by atoms with Gasteiger partial charge >= 0.3 is 12.1 Å². The molecule has 0 aromatic heterocycles. The van der Waals surface area contributed by atoms with E-state index in [1.54, 1.807) is 13.8 Å². The molecule has 1 aliphatic carbocycles. The number of aromatic carboxylic acids is 1. The molecule has 0 spiro atoms. The van der Waals surface area contributed by atoms with Crippen LogP contribution in [-0.2, 0) is 9.53 Å². The van der Waals surface area contributed by atoms with Crippen LogP contribution in [0.5, 0.6) is 0 Å². The van der Waals surface area contributed by atoms with Gasteiger partial charge in [-0.15, -0.1) is 0 Å². The van der Waals surface area contributed by atoms with Crippen molar-refractivity contribution >= 4 is 23.7 Å². The van der Waals surface area contributed by atoms with Crippen molar-refractivity contribution in [3.8, 4) is 11.1 Å². The van der Waals surface area contributed by atoms with Crippen molar-refractivity contribution in [3.05, 3.63) is 89.2 Å². The number of benzene rings is 3. The van der Waals surface area contributed by atoms with Gasteiger partial charge in [-0.3, -0.25) is 4.79 Å². The van der Waals surface area contributed by atoms with Crippen molar-refractivity contribution < 1.29 is 28.6 Å². The molecule has 0 saturated carbocycles. The summed E-state index contributed by atoms with van der Waals surface area (Å²) in [6, 6.07) is 17.9. The van der Waals surface area contributed by atoms with Crippen molar-refractivity contribution in [2.45, 2.75) is 25.8 Å². The zero-order valence-corrected chi connectivity index (χ0v) is 19.2. The summed E-state index contributed by atoms with van der Waals surface area (Å²) in [6.07, 6.45) is -0.758. The number of halogens is 1. The summed E-state index contributed by atoms with van der Waals surface area (Å²) in [5.74, 6) is -3.18. The van der Waals surface area contributed by atoms with Crippen molar-refractivity contribution in [1.29, 1.82) is 0 Å². The van der Waals surface area contributed by atoms with Gasteiger partial charge in [0.2, 0.25) is 5.91 Å². The third kappa shape index (κ3) is 5.16. The van der Waals surface area contributed by atoms with Gasteiger partial charge in [0.15, 0.2) is 0 Å². The van der Waals surface area contributed by atoms with Crippen LogP contribution in [0.4, 0.5) is 14.9 Å². The Bertz CT molecular complexity index is 1240. The average Bonchev–Trinajstić information content (AvgIpc) is 3.14. The second-order valence-corrected chi connectivity index (χ2v) is 8.71. The Morgan fingerprint density at radius 2 is 1.57 bits per heavy atom. The minimum Gasteiger partial charge on any atom is -0.478 e. The standard InChI is InChI=1S/C27H25FN2O5/c1-15(2)24(25(31)29-18-12-16(26(32)33)11-17(28)13-18)30-27(34)35-14-23-21-9-5-3-7-19(21)20-8-4-6-10-22(20)23/h3-13,15,23-24H,14H2,1-2H3,(H,29,31)(H,30,34)(H,32,33). The van der Waals surface area contributed by atoms with Gasteiger partial charge in [-0.25, -0.2) is 14.0 Å². The molecule has 7 nitrogen and oxygen atoms in total. The Morgan fingerprint density at radius 3 is 2.14 bits per heavy atom. The van der Waals surface area contributed by atoms with Gasteiger partial charge in [0, 0.05) is 11.6 Å². The van der Waals surface area contributed by atoms with Crippen molar-refractivity contribution in [3.63, 3.8) is 0 Å². The molecule has 0 radical (unpaired) electrons. The Kier molecular flexibility index (Phi) is 6.82. The highest BCUT2D eigenvalue weighted by Crippen LogP contribution is 2.44. The van der Waals surface area contributed by atoms with Crippen LogP contribution in [0.2, 0.25) is 0 Å². The molecule has 2 amide bonds. The van der Waals surface area contributed by atoms with Crippen LogP contribution in [-0.4, -0.2) is 35.7 Å². The molecule has 35 heavy (non-hydrogen) atoms. The number of anilines is 1. The monoisotopic (exact) mass is 476 g/mol. The van der Waals surface area contributed by atoms with E-state index in [0.29, 0.717) is 0 Å². The smallest absolute Gasteiger partial charge is 0.407 e. The van der Waals surface area contributed by atoms with Gasteiger partial charge in [0.05, 0.1) is 5.56 Å². The van der Waals surface area contributed by atoms with Crippen LogP contribution >= 0.6 is 0 Å². The highest BCUT2D eigenvalue weighted by molar-refractivity contribution is 5.98. The maximum atomic E-state index is 13.8. The summed E-state index contributed by atoms with van der Waals surface area (Å²) in [4.78, 5) is 36.6. The van der Waals surface area contributed by atoms with E-state index in [4.69, 9.17) is 9.84 Å². The summed E-state index contributed by atoms with van der Waals surface area (Å²) in [7, 11) is 0. The summed E-state index contributed by atoms with van der Waals surface area (Å²) < 4.78 is 19.3. The number of alkyl carbamates (subject to hydrolysis) is 1. The maximum Gasteiger partial charge on any atom is 0.407 e. The Hall–Kier alpha value is -4.20. The molecule has 1 unspecified atom stereocenters. The molecule has 0 bridgehead atoms. The number of fused-ring (bicyclic) bond motifs is 3. The Morgan fingerprint density at radius 1 is 0.971 bits per heavy atom. The van der Waals surface area contributed by atoms with E-state index in [1.807, 2.05) is 48.5 Å². The molecule has 0 heterocycles. The molecule has 0 saturated heterocycles. The third-order valence-corrected chi connectivity index (χ3v) is 5.98. The Balaban J connectivity index is 1.43. The SMILES string of the molecule is CC(C)C(NC(=O)OCC1c2ccccc2-c2ccccc21)C(=O)Nc1cc(F)cc(C(=O)O)c1. The number of carboxylic acids is 1. The van der Waals surface area contributed by atoms with E-state index in [2.05, 4.69) is 10.6 Å². The molecule has 4 rings (SSSR count). The van der Waals surface area contributed by atoms with E-state index in [0.717, 1.165) is 40.5 Å². The summed E-state index contributed by atoms with van der Waals surface area (Å²) in [5, 5.41) is 14.2. The number of carbonyl (C=O) groups is 3. The number of amides is 2. The van der Waals surface area contributed by atoms with E-state index in [1.165, 1.54) is 0 Å². The molecule has 0 fully saturated rings. The number of nitrogens with one attached hydrogen (secondary N) is 2. The molecule has 8 heteroatoms. The predicted octanol–water partition coefficient (Wildman–Crippen LogP) is 5.03. The fourth-order valence-corrected chi connectivity index (χ4v) is 4.31. The number of carbonyl (C=O) groups excluding carboxylic acids is 2. The summed E-state index contributed by atoms with van der Waals surface area (Å²) >= 11 is 0. The molecule has 3 N–H and O–H groups in total. The van der Waals surface area contributed by atoms with Gasteiger partial charge < -0.3 is 20.5 Å². The van der Waals surface area contributed by atoms with E-state index in [-0.39, 0.29) is 29.7 Å². The molecular weight excluding hydrogens is 451 g/mol. The first-order valence-electron chi connectivity index (χ1n) is 11.2. The lowest BCUT2D eigenvalue weighted by Gasteiger charge is -2.22. The number of ether oxygens (including phenoxy) is 1. The summed E-state index contributed by atoms with van der Waals surface area (Å²) in [6.45, 7) is 3.57. The summed E-state index contributed by atoms with van der Waals surface area (Å²) in [5.41, 5.74) is 4.03. The first kappa shape index (κ1) is 23.9. The van der Waals surface area contributed by atoms with Crippen LogP contribution in [0, 0.1) is 11.7 Å². The maximum absolute atomic E-state index is 13.8. The fraction of sp³-hybridized carbons (Fsp3) is 0.222. The van der Waals surface area contributed by atoms with Crippen molar-refractivity contribution in [1.82, 2.24) is 5.32 Å². The Labute approximate surface area is 201 Å². The molecular formula is C27H25FN2O5. The number of carboxylic acid groups (broad SMARTS) is 1. The minimum atomic E-state index is -1.32. The lowest BCUT2D eigenvalue weighted by molar-refractivity contribution is -0.119. The zero-order valence-electron chi connectivity index (χ0n) is 19.2. The molecule has 1 aliphatic rings. The average molecular weight is 477 g/mol. The zero-order chi connectivity index (χ0) is 25.1. The van der Waals surface area contributed by atoms with Gasteiger partial charge in [-0.05, 0) is 46.4 Å². The quantitative estimate of drug-likeness (QED) is 0.444. The first-order valence-corrected chi connectivity index (χ1v) is 11.2. The molecule has 180 valence electrons. The minimum absolute atomic E-state index is 0.0209. The van der Waals surface area contributed by atoms with Crippen molar-refractivity contribution in [2.75, 3.05) is 11.9 Å². The lowest BCUT2D eigenvalue weighted by Crippen LogP contribution is -2.47.